The SMILES string of the molecule is [N-]=[N+]=[N][Au-]([N]=[N+]=[N-])([N]=[N+]=[N-])[N]=[N+]=[N-].[NH4+]. The smallest absolute Gasteiger partial charge is 0.369 e. The van der Waals surface area contributed by atoms with Gasteiger partial charge in [0.2, 0.25) is 0 Å². The first-order valence-corrected chi connectivity index (χ1v) is 6.01. The Balaban J connectivity index is 0. The van der Waals surface area contributed by atoms with Gasteiger partial charge in [0.05, 0.1) is 0 Å². The molecule has 0 bridgehead atoms. The van der Waals surface area contributed by atoms with Crippen LogP contribution in [0.15, 0.2) is 14.1 Å². The van der Waals surface area contributed by atoms with Crippen molar-refractivity contribution in [2.75, 3.05) is 0 Å². The minimum atomic E-state index is -4.34. The standard InChI is InChI=1S/Au.4N3.H3N/c;4*1-3-2;/h;;;;;1H3/q+3;4*-1;/p+1. The van der Waals surface area contributed by atoms with Gasteiger partial charge in [-0.15, -0.1) is 0 Å². The average Bonchev–Trinajstić information content (AvgIpc) is 2.06. The minimum absolute atomic E-state index is 0. The molecule has 0 aromatic rings. The molecule has 80 valence electrons. The number of azide groups is 1. The molecular weight excluding hydrogens is 379 g/mol. The van der Waals surface area contributed by atoms with Gasteiger partial charge in [-0.25, -0.2) is 0 Å². The summed E-state index contributed by atoms with van der Waals surface area (Å²) in [5, 5.41) is 0. The quantitative estimate of drug-likeness (QED) is 0.318. The fraction of sp³-hybridized carbons (Fsp3) is 0. The summed E-state index contributed by atoms with van der Waals surface area (Å²) in [6.45, 7) is 0. The predicted molar refractivity (Wildman–Crippen MR) is 42.6 cm³/mol. The molecule has 0 aromatic heterocycles. The van der Waals surface area contributed by atoms with E-state index in [1.807, 2.05) is 0 Å². The van der Waals surface area contributed by atoms with Crippen LogP contribution in [-0.2, 0) is 18.2 Å². The maximum absolute atomic E-state index is 8.03. The number of rotatable bonds is 4. The van der Waals surface area contributed by atoms with E-state index < -0.39 is 18.2 Å². The van der Waals surface area contributed by atoms with Crippen LogP contribution < -0.4 is 6.15 Å². The van der Waals surface area contributed by atoms with E-state index in [0.29, 0.717) is 0 Å². The normalized spacial score (nSPS) is 13.1. The molecule has 0 spiro atoms. The minimum Gasteiger partial charge on any atom is -0.369 e. The second kappa shape index (κ2) is 7.58. The first-order chi connectivity index (χ1) is 6.24. The topological polar surface area (TPSA) is 232 Å². The molecule has 0 aliphatic rings. The third-order valence-electron chi connectivity index (χ3n) is 0.431. The number of nitrogens with zero attached hydrogens (tertiary/aromatic N) is 12. The summed E-state index contributed by atoms with van der Waals surface area (Å²) in [5.41, 5.74) is 32.1. The molecule has 14 heavy (non-hydrogen) atoms. The summed E-state index contributed by atoms with van der Waals surface area (Å²) in [5.74, 6) is 0. The summed E-state index contributed by atoms with van der Waals surface area (Å²) >= 11 is -4.34. The summed E-state index contributed by atoms with van der Waals surface area (Å²) in [7, 11) is 0. The van der Waals surface area contributed by atoms with Crippen LogP contribution in [0.4, 0.5) is 0 Å². The molecular formula is H4AuN13. The van der Waals surface area contributed by atoms with Gasteiger partial charge >= 0.3 is 74.0 Å². The molecule has 0 radical (unpaired) electrons. The second-order valence-electron chi connectivity index (χ2n) is 0.961. The zero-order valence-corrected chi connectivity index (χ0v) is 8.83. The molecule has 0 saturated carbocycles. The van der Waals surface area contributed by atoms with Crippen LogP contribution in [0.5, 0.6) is 0 Å². The number of quaternary nitrogens is 1. The molecule has 0 amide bonds. The Morgan fingerprint density at radius 1 is 0.643 bits per heavy atom. The zero-order chi connectivity index (χ0) is 10.2. The Kier molecular flexibility index (Phi) is 7.83. The Bertz CT molecular complexity index is 285. The van der Waals surface area contributed by atoms with Gasteiger partial charge in [0, 0.05) is 0 Å². The van der Waals surface area contributed by atoms with Crippen molar-refractivity contribution in [3.8, 4) is 0 Å². The van der Waals surface area contributed by atoms with Crippen molar-refractivity contribution in [1.29, 1.82) is 0 Å². The van der Waals surface area contributed by atoms with Crippen LogP contribution in [-0.4, -0.2) is 0 Å². The van der Waals surface area contributed by atoms with Crippen molar-refractivity contribution in [1.82, 2.24) is 6.15 Å². The van der Waals surface area contributed by atoms with Crippen LogP contribution in [0.1, 0.15) is 0 Å². The van der Waals surface area contributed by atoms with E-state index in [1.165, 1.54) is 0 Å². The van der Waals surface area contributed by atoms with E-state index in [9.17, 15) is 0 Å². The van der Waals surface area contributed by atoms with Gasteiger partial charge in [0.15, 0.2) is 0 Å². The molecule has 0 aromatic carbocycles. The molecule has 0 aliphatic heterocycles. The van der Waals surface area contributed by atoms with Crippen molar-refractivity contribution < 1.29 is 18.2 Å². The van der Waals surface area contributed by atoms with Crippen LogP contribution in [0.25, 0.3) is 41.8 Å². The fourth-order valence-electron chi connectivity index (χ4n) is 0.217. The molecule has 0 saturated heterocycles. The summed E-state index contributed by atoms with van der Waals surface area (Å²) in [6, 6.07) is 0. The van der Waals surface area contributed by atoms with Crippen molar-refractivity contribution in [3.63, 3.8) is 0 Å². The average molecular weight is 383 g/mol. The van der Waals surface area contributed by atoms with Crippen LogP contribution >= 0.6 is 0 Å². The summed E-state index contributed by atoms with van der Waals surface area (Å²) in [6.07, 6.45) is 0. The van der Waals surface area contributed by atoms with Gasteiger partial charge in [-0.2, -0.15) is 0 Å². The van der Waals surface area contributed by atoms with E-state index in [4.69, 9.17) is 22.1 Å². The second-order valence-corrected chi connectivity index (χ2v) is 5.29. The third kappa shape index (κ3) is 4.09. The molecule has 0 heterocycles. The third-order valence-corrected chi connectivity index (χ3v) is 3.53. The van der Waals surface area contributed by atoms with Crippen LogP contribution in [0, 0.1) is 0 Å². The molecule has 4 N–H and O–H groups in total. The monoisotopic (exact) mass is 383 g/mol. The molecule has 14 heteroatoms. The number of hydrogen-bond acceptors (Lipinski definition) is 4. The summed E-state index contributed by atoms with van der Waals surface area (Å²) < 4.78 is 11.7. The van der Waals surface area contributed by atoms with E-state index >= 15 is 0 Å². The Morgan fingerprint density at radius 3 is 1.00 bits per heavy atom. The Labute approximate surface area is 80.6 Å². The Hall–Kier alpha value is -2.06. The van der Waals surface area contributed by atoms with Gasteiger partial charge in [0.1, 0.15) is 0 Å². The molecule has 13 nitrogen and oxygen atoms in total. The molecule has 0 rings (SSSR count). The Morgan fingerprint density at radius 2 is 0.857 bits per heavy atom. The first-order valence-electron chi connectivity index (χ1n) is 2.14. The van der Waals surface area contributed by atoms with E-state index in [-0.39, 0.29) is 6.15 Å². The zero-order valence-electron chi connectivity index (χ0n) is 6.67. The van der Waals surface area contributed by atoms with Gasteiger partial charge in [-0.05, 0) is 0 Å². The number of hydrogen-bond donors (Lipinski definition) is 1. The molecule has 0 unspecified atom stereocenters. The van der Waals surface area contributed by atoms with Gasteiger partial charge in [-0.3, -0.25) is 0 Å². The van der Waals surface area contributed by atoms with Crippen molar-refractivity contribution in [2.45, 2.75) is 0 Å². The van der Waals surface area contributed by atoms with Crippen molar-refractivity contribution in [2.24, 2.45) is 14.1 Å². The molecule has 0 fully saturated rings. The first kappa shape index (κ1) is 14.5. The van der Waals surface area contributed by atoms with E-state index in [0.717, 1.165) is 0 Å². The maximum atomic E-state index is 8.03. The summed E-state index contributed by atoms with van der Waals surface area (Å²) in [4.78, 5) is 9.09. The van der Waals surface area contributed by atoms with Crippen LogP contribution in [0.2, 0.25) is 0 Å². The van der Waals surface area contributed by atoms with Crippen molar-refractivity contribution >= 4 is 0 Å². The van der Waals surface area contributed by atoms with Gasteiger partial charge in [-0.1, -0.05) is 0 Å². The largest absolute Gasteiger partial charge is 0.369 e. The molecule has 0 atom stereocenters. The van der Waals surface area contributed by atoms with E-state index in [2.05, 4.69) is 33.7 Å². The fourth-order valence-corrected chi connectivity index (χ4v) is 1.78. The van der Waals surface area contributed by atoms with Crippen LogP contribution in [0.3, 0.4) is 0 Å². The van der Waals surface area contributed by atoms with Gasteiger partial charge in [0.25, 0.3) is 0 Å². The maximum Gasteiger partial charge on any atom is -0.369 e. The van der Waals surface area contributed by atoms with E-state index in [1.54, 1.807) is 0 Å². The van der Waals surface area contributed by atoms with Crippen molar-refractivity contribution in [3.05, 3.63) is 41.8 Å². The molecule has 0 aliphatic carbocycles. The predicted octanol–water partition coefficient (Wildman–Crippen LogP) is 3.42. The van der Waals surface area contributed by atoms with Gasteiger partial charge < -0.3 is 6.15 Å².